The van der Waals surface area contributed by atoms with Crippen molar-refractivity contribution >= 4 is 29.3 Å². The lowest BCUT2D eigenvalue weighted by molar-refractivity contribution is -0.113. The second-order valence-corrected chi connectivity index (χ2v) is 6.83. The van der Waals surface area contributed by atoms with Gasteiger partial charge in [0.15, 0.2) is 0 Å². The van der Waals surface area contributed by atoms with E-state index in [-0.39, 0.29) is 18.1 Å². The molecule has 0 atom stereocenters. The average Bonchev–Trinajstić information content (AvgIpc) is 2.71. The summed E-state index contributed by atoms with van der Waals surface area (Å²) in [5.74, 6) is 0.491. The van der Waals surface area contributed by atoms with Crippen LogP contribution in [0.4, 0.5) is 5.69 Å². The molecule has 3 aromatic rings. The Morgan fingerprint density at radius 1 is 1.07 bits per heavy atom. The van der Waals surface area contributed by atoms with Crippen molar-refractivity contribution < 1.29 is 9.53 Å². The molecule has 0 bridgehead atoms. The van der Waals surface area contributed by atoms with Crippen LogP contribution in [0.1, 0.15) is 11.1 Å². The van der Waals surface area contributed by atoms with Crippen LogP contribution in [-0.2, 0) is 11.3 Å². The fourth-order valence-electron chi connectivity index (χ4n) is 3.00. The smallest absolute Gasteiger partial charge is 0.255 e. The van der Waals surface area contributed by atoms with Gasteiger partial charge >= 0.3 is 0 Å². The predicted octanol–water partition coefficient (Wildman–Crippen LogP) is 3.96. The van der Waals surface area contributed by atoms with Crippen molar-refractivity contribution in [2.45, 2.75) is 6.54 Å². The van der Waals surface area contributed by atoms with Crippen molar-refractivity contribution in [2.24, 2.45) is 0 Å². The molecule has 6 heteroatoms. The zero-order valence-electron chi connectivity index (χ0n) is 14.9. The Hall–Kier alpha value is -3.31. The van der Waals surface area contributed by atoms with Gasteiger partial charge in [0.25, 0.3) is 11.5 Å². The molecule has 0 fully saturated rings. The van der Waals surface area contributed by atoms with Gasteiger partial charge in [0.05, 0.1) is 17.8 Å². The van der Waals surface area contributed by atoms with Crippen LogP contribution < -0.4 is 15.6 Å². The molecule has 4 rings (SSSR count). The summed E-state index contributed by atoms with van der Waals surface area (Å²) in [6.45, 7) is 0.517. The van der Waals surface area contributed by atoms with Crippen LogP contribution in [0.3, 0.4) is 0 Å². The summed E-state index contributed by atoms with van der Waals surface area (Å²) in [7, 11) is 0. The van der Waals surface area contributed by atoms with Crippen molar-refractivity contribution in [1.82, 2.24) is 4.57 Å². The largest absolute Gasteiger partial charge is 0.488 e. The Labute approximate surface area is 166 Å². The number of hydrogen-bond donors (Lipinski definition) is 1. The Morgan fingerprint density at radius 3 is 2.71 bits per heavy atom. The number of anilines is 1. The summed E-state index contributed by atoms with van der Waals surface area (Å²) >= 11 is 6.19. The number of nitrogens with one attached hydrogen (secondary N) is 1. The lowest BCUT2D eigenvalue weighted by Gasteiger charge is -2.17. The molecular weight excluding hydrogens is 376 g/mol. The van der Waals surface area contributed by atoms with Crippen LogP contribution in [0.25, 0.3) is 6.08 Å². The molecule has 1 amide bonds. The van der Waals surface area contributed by atoms with E-state index in [2.05, 4.69) is 5.32 Å². The van der Waals surface area contributed by atoms with Gasteiger partial charge in [-0.05, 0) is 29.8 Å². The highest BCUT2D eigenvalue weighted by atomic mass is 35.5. The highest BCUT2D eigenvalue weighted by molar-refractivity contribution is 6.31. The molecule has 0 radical (unpaired) electrons. The predicted molar refractivity (Wildman–Crippen MR) is 110 cm³/mol. The lowest BCUT2D eigenvalue weighted by atomic mass is 10.1. The maximum atomic E-state index is 12.6. The van der Waals surface area contributed by atoms with Gasteiger partial charge in [-0.25, -0.2) is 0 Å². The van der Waals surface area contributed by atoms with E-state index in [4.69, 9.17) is 16.3 Å². The van der Waals surface area contributed by atoms with Gasteiger partial charge in [-0.15, -0.1) is 0 Å². The third kappa shape index (κ3) is 3.85. The third-order valence-electron chi connectivity index (χ3n) is 4.46. The number of pyridine rings is 1. The standard InChI is InChI=1S/C22H17ClN2O3/c23-19-7-3-1-6-16(19)12-25-13-18(9-10-21(25)26)24-22(27)17-11-15-5-2-4-8-20(15)28-14-17/h1-11,13H,12,14H2,(H,24,27). The number of aromatic nitrogens is 1. The first-order valence-corrected chi connectivity index (χ1v) is 9.15. The first-order chi connectivity index (χ1) is 13.6. The highest BCUT2D eigenvalue weighted by Gasteiger charge is 2.17. The second-order valence-electron chi connectivity index (χ2n) is 6.43. The Morgan fingerprint density at radius 2 is 1.86 bits per heavy atom. The van der Waals surface area contributed by atoms with Crippen molar-refractivity contribution in [3.05, 3.63) is 98.9 Å². The van der Waals surface area contributed by atoms with Crippen LogP contribution in [0.5, 0.6) is 5.75 Å². The molecule has 2 heterocycles. The van der Waals surface area contributed by atoms with Gasteiger partial charge < -0.3 is 14.6 Å². The molecule has 0 unspecified atom stereocenters. The lowest BCUT2D eigenvalue weighted by Crippen LogP contribution is -2.24. The number of carbonyl (C=O) groups excluding carboxylic acids is 1. The van der Waals surface area contributed by atoms with E-state index in [0.29, 0.717) is 22.8 Å². The number of ether oxygens (including phenoxy) is 1. The Balaban J connectivity index is 1.54. The van der Waals surface area contributed by atoms with Crippen molar-refractivity contribution in [3.8, 4) is 5.75 Å². The normalized spacial score (nSPS) is 12.5. The van der Waals surface area contributed by atoms with Crippen molar-refractivity contribution in [2.75, 3.05) is 11.9 Å². The van der Waals surface area contributed by atoms with E-state index in [1.54, 1.807) is 18.3 Å². The molecule has 1 aliphatic heterocycles. The number of nitrogens with zero attached hydrogens (tertiary/aromatic N) is 1. The second kappa shape index (κ2) is 7.74. The van der Waals surface area contributed by atoms with Crippen LogP contribution in [0.2, 0.25) is 5.02 Å². The molecule has 0 saturated carbocycles. The minimum absolute atomic E-state index is 0.174. The van der Waals surface area contributed by atoms with Crippen molar-refractivity contribution in [1.29, 1.82) is 0 Å². The van der Waals surface area contributed by atoms with Crippen LogP contribution >= 0.6 is 11.6 Å². The number of fused-ring (bicyclic) bond motifs is 1. The Bertz CT molecular complexity index is 1130. The van der Waals surface area contributed by atoms with Crippen molar-refractivity contribution in [3.63, 3.8) is 0 Å². The monoisotopic (exact) mass is 392 g/mol. The van der Waals surface area contributed by atoms with Gasteiger partial charge in [0.1, 0.15) is 12.4 Å². The fraction of sp³-hybridized carbons (Fsp3) is 0.0909. The summed E-state index contributed by atoms with van der Waals surface area (Å²) in [5.41, 5.74) is 2.56. The van der Waals surface area contributed by atoms with E-state index >= 15 is 0 Å². The number of rotatable bonds is 4. The van der Waals surface area contributed by atoms with Gasteiger partial charge in [0, 0.05) is 22.8 Å². The van der Waals surface area contributed by atoms with E-state index in [0.717, 1.165) is 16.9 Å². The molecule has 0 spiro atoms. The third-order valence-corrected chi connectivity index (χ3v) is 4.83. The average molecular weight is 393 g/mol. The summed E-state index contributed by atoms with van der Waals surface area (Å²) in [5, 5.41) is 3.42. The number of carbonyl (C=O) groups is 1. The molecule has 1 aromatic heterocycles. The fourth-order valence-corrected chi connectivity index (χ4v) is 3.19. The SMILES string of the molecule is O=C(Nc1ccc(=O)n(Cc2ccccc2Cl)c1)C1=Cc2ccccc2OC1. The van der Waals surface area contributed by atoms with Crippen LogP contribution in [0, 0.1) is 0 Å². The number of halogens is 1. The van der Waals surface area contributed by atoms with E-state index in [1.807, 2.05) is 48.5 Å². The van der Waals surface area contributed by atoms with E-state index in [1.165, 1.54) is 10.6 Å². The highest BCUT2D eigenvalue weighted by Crippen LogP contribution is 2.26. The summed E-state index contributed by atoms with van der Waals surface area (Å²) in [4.78, 5) is 24.8. The first-order valence-electron chi connectivity index (χ1n) is 8.78. The number of hydrogen-bond acceptors (Lipinski definition) is 3. The summed E-state index contributed by atoms with van der Waals surface area (Å²) < 4.78 is 7.14. The molecule has 2 aromatic carbocycles. The molecule has 1 aliphatic rings. The summed E-state index contributed by atoms with van der Waals surface area (Å²) in [6, 6.07) is 17.9. The molecule has 0 aliphatic carbocycles. The molecular formula is C22H17ClN2O3. The molecule has 28 heavy (non-hydrogen) atoms. The zero-order valence-corrected chi connectivity index (χ0v) is 15.6. The van der Waals surface area contributed by atoms with Gasteiger partial charge in [0.2, 0.25) is 0 Å². The number of benzene rings is 2. The van der Waals surface area contributed by atoms with E-state index < -0.39 is 0 Å². The number of amides is 1. The maximum absolute atomic E-state index is 12.6. The van der Waals surface area contributed by atoms with Gasteiger partial charge in [-0.2, -0.15) is 0 Å². The zero-order chi connectivity index (χ0) is 19.5. The van der Waals surface area contributed by atoms with E-state index in [9.17, 15) is 9.59 Å². The minimum Gasteiger partial charge on any atom is -0.488 e. The molecule has 140 valence electrons. The van der Waals surface area contributed by atoms with Crippen LogP contribution in [0.15, 0.2) is 77.2 Å². The van der Waals surface area contributed by atoms with Crippen LogP contribution in [-0.4, -0.2) is 17.1 Å². The van der Waals surface area contributed by atoms with Gasteiger partial charge in [-0.1, -0.05) is 48.0 Å². The first kappa shape index (κ1) is 18.1. The summed E-state index contributed by atoms with van der Waals surface area (Å²) in [6.07, 6.45) is 3.43. The van der Waals surface area contributed by atoms with Gasteiger partial charge in [-0.3, -0.25) is 9.59 Å². The minimum atomic E-state index is -0.266. The molecule has 1 N–H and O–H groups in total. The number of para-hydroxylation sites is 1. The maximum Gasteiger partial charge on any atom is 0.255 e. The Kier molecular flexibility index (Phi) is 5.00. The molecule has 0 saturated heterocycles. The topological polar surface area (TPSA) is 60.3 Å². The quantitative estimate of drug-likeness (QED) is 0.731. The molecule has 5 nitrogen and oxygen atoms in total.